The molecule has 0 unspecified atom stereocenters. The molecule has 0 bridgehead atoms. The van der Waals surface area contributed by atoms with Crippen LogP contribution in [0, 0.1) is 11.8 Å². The molecule has 1 saturated heterocycles. The van der Waals surface area contributed by atoms with Crippen LogP contribution in [0.4, 0.5) is 11.4 Å². The molecule has 0 spiro atoms. The number of anilines is 1. The van der Waals surface area contributed by atoms with Gasteiger partial charge >= 0.3 is 0 Å². The van der Waals surface area contributed by atoms with Gasteiger partial charge in [-0.15, -0.1) is 0 Å². The Morgan fingerprint density at radius 1 is 0.939 bits per heavy atom. The average Bonchev–Trinajstić information content (AvgIpc) is 2.86. The number of hydrogen-bond acceptors (Lipinski definition) is 4. The summed E-state index contributed by atoms with van der Waals surface area (Å²) in [6.07, 6.45) is 9.30. The Balaban J connectivity index is 1.03. The van der Waals surface area contributed by atoms with Crippen LogP contribution in [-0.4, -0.2) is 50.4 Å². The van der Waals surface area contributed by atoms with Crippen LogP contribution in [-0.2, 0) is 6.42 Å². The molecule has 1 aliphatic carbocycles. The zero-order valence-electron chi connectivity index (χ0n) is 19.2. The highest BCUT2D eigenvalue weighted by Gasteiger charge is 2.26. The number of rotatable bonds is 6. The van der Waals surface area contributed by atoms with Crippen LogP contribution in [0.25, 0.3) is 0 Å². The van der Waals surface area contributed by atoms with Gasteiger partial charge in [-0.1, -0.05) is 35.3 Å². The van der Waals surface area contributed by atoms with Gasteiger partial charge in [0, 0.05) is 45.0 Å². The topological polar surface area (TPSA) is 28.1 Å². The van der Waals surface area contributed by atoms with Crippen molar-refractivity contribution in [2.45, 2.75) is 38.5 Å². The molecule has 5 rings (SSSR count). The lowest BCUT2D eigenvalue weighted by Crippen LogP contribution is -2.48. The second-order valence-electron chi connectivity index (χ2n) is 9.70. The first-order chi connectivity index (χ1) is 16.2. The van der Waals surface area contributed by atoms with Gasteiger partial charge in [-0.2, -0.15) is 0 Å². The smallest absolute Gasteiger partial charge is 0.121 e. The van der Waals surface area contributed by atoms with Gasteiger partial charge in [-0.3, -0.25) is 9.89 Å². The number of fused-ring (bicyclic) bond motifs is 1. The van der Waals surface area contributed by atoms with Crippen molar-refractivity contribution in [3.8, 4) is 5.75 Å². The third-order valence-electron chi connectivity index (χ3n) is 7.44. The lowest BCUT2D eigenvalue weighted by atomic mass is 9.82. The fraction of sp³-hybridized carbons (Fsp3) is 0.519. The van der Waals surface area contributed by atoms with Gasteiger partial charge in [-0.25, -0.2) is 0 Å². The van der Waals surface area contributed by atoms with Crippen LogP contribution in [0.3, 0.4) is 0 Å². The molecular formula is C27H33Cl2N3O. The largest absolute Gasteiger partial charge is 0.493 e. The molecule has 1 saturated carbocycles. The number of nitrogens with zero attached hydrogens (tertiary/aromatic N) is 3. The van der Waals surface area contributed by atoms with Crippen molar-refractivity contribution >= 4 is 40.8 Å². The van der Waals surface area contributed by atoms with Crippen LogP contribution >= 0.6 is 23.2 Å². The molecule has 0 N–H and O–H groups in total. The minimum Gasteiger partial charge on any atom is -0.493 e. The van der Waals surface area contributed by atoms with Gasteiger partial charge in [-0.05, 0) is 74.1 Å². The molecule has 2 fully saturated rings. The van der Waals surface area contributed by atoms with Gasteiger partial charge < -0.3 is 9.64 Å². The second kappa shape index (κ2) is 10.7. The summed E-state index contributed by atoms with van der Waals surface area (Å²) in [7, 11) is 0. The van der Waals surface area contributed by atoms with E-state index < -0.39 is 0 Å². The van der Waals surface area contributed by atoms with Crippen molar-refractivity contribution in [3.05, 3.63) is 52.0 Å². The average molecular weight is 486 g/mol. The Hall–Kier alpha value is -1.75. The fourth-order valence-corrected chi connectivity index (χ4v) is 5.83. The van der Waals surface area contributed by atoms with E-state index in [0.717, 1.165) is 68.7 Å². The predicted octanol–water partition coefficient (Wildman–Crippen LogP) is 6.65. The van der Waals surface area contributed by atoms with E-state index in [9.17, 15) is 0 Å². The van der Waals surface area contributed by atoms with E-state index >= 15 is 0 Å². The van der Waals surface area contributed by atoms with Gasteiger partial charge in [0.1, 0.15) is 5.75 Å². The molecule has 2 aromatic carbocycles. The van der Waals surface area contributed by atoms with Crippen molar-refractivity contribution in [1.82, 2.24) is 4.90 Å². The minimum absolute atomic E-state index is 0.637. The Morgan fingerprint density at radius 2 is 1.73 bits per heavy atom. The summed E-state index contributed by atoms with van der Waals surface area (Å²) in [6, 6.07) is 12.3. The minimum atomic E-state index is 0.637. The summed E-state index contributed by atoms with van der Waals surface area (Å²) in [5.74, 6) is 2.44. The summed E-state index contributed by atoms with van der Waals surface area (Å²) < 4.78 is 6.16. The molecule has 0 atom stereocenters. The van der Waals surface area contributed by atoms with Gasteiger partial charge in [0.15, 0.2) is 0 Å². The maximum Gasteiger partial charge on any atom is 0.121 e. The molecule has 6 heteroatoms. The Morgan fingerprint density at radius 3 is 2.55 bits per heavy atom. The number of hydrogen-bond donors (Lipinski definition) is 0. The number of benzene rings is 2. The van der Waals surface area contributed by atoms with E-state index in [2.05, 4.69) is 39.1 Å². The SMILES string of the molecule is Clc1cccc(N2CCN(CC3CCC(COc4ccc5c(c4)N=CCC5)CC3)CC2)c1Cl. The highest BCUT2D eigenvalue weighted by Crippen LogP contribution is 2.34. The number of aryl methyl sites for hydroxylation is 1. The summed E-state index contributed by atoms with van der Waals surface area (Å²) in [5.41, 5.74) is 3.48. The van der Waals surface area contributed by atoms with E-state index in [-0.39, 0.29) is 0 Å². The van der Waals surface area contributed by atoms with Crippen LogP contribution in [0.1, 0.15) is 37.7 Å². The van der Waals surface area contributed by atoms with Crippen molar-refractivity contribution in [2.75, 3.05) is 44.2 Å². The lowest BCUT2D eigenvalue weighted by molar-refractivity contribution is 0.146. The lowest BCUT2D eigenvalue weighted by Gasteiger charge is -2.39. The molecule has 4 nitrogen and oxygen atoms in total. The van der Waals surface area contributed by atoms with Crippen molar-refractivity contribution in [3.63, 3.8) is 0 Å². The number of halogens is 2. The molecule has 3 aliphatic rings. The molecular weight excluding hydrogens is 453 g/mol. The standard InChI is InChI=1S/C27H33Cl2N3O/c28-24-4-1-5-26(27(24)29)32-15-13-31(14-16-32)18-20-6-8-21(9-7-20)19-33-23-11-10-22-3-2-12-30-25(22)17-23/h1,4-5,10-12,17,20-21H,2-3,6-9,13-16,18-19H2. The monoisotopic (exact) mass is 485 g/mol. The quantitative estimate of drug-likeness (QED) is 0.458. The van der Waals surface area contributed by atoms with Crippen molar-refractivity contribution in [1.29, 1.82) is 0 Å². The van der Waals surface area contributed by atoms with Crippen LogP contribution in [0.5, 0.6) is 5.75 Å². The second-order valence-corrected chi connectivity index (χ2v) is 10.5. The first-order valence-electron chi connectivity index (χ1n) is 12.4. The normalized spacial score (nSPS) is 23.4. The molecule has 0 amide bonds. The molecule has 33 heavy (non-hydrogen) atoms. The van der Waals surface area contributed by atoms with E-state index in [1.807, 2.05) is 18.3 Å². The van der Waals surface area contributed by atoms with Crippen LogP contribution < -0.4 is 9.64 Å². The summed E-state index contributed by atoms with van der Waals surface area (Å²) in [6.45, 7) is 6.24. The number of aliphatic imine (C=N–C) groups is 1. The maximum atomic E-state index is 6.42. The maximum absolute atomic E-state index is 6.42. The molecule has 0 aromatic heterocycles. The highest BCUT2D eigenvalue weighted by molar-refractivity contribution is 6.43. The van der Waals surface area contributed by atoms with Gasteiger partial charge in [0.25, 0.3) is 0 Å². The molecule has 176 valence electrons. The summed E-state index contributed by atoms with van der Waals surface area (Å²) in [4.78, 5) is 9.51. The summed E-state index contributed by atoms with van der Waals surface area (Å²) >= 11 is 12.6. The van der Waals surface area contributed by atoms with E-state index in [1.165, 1.54) is 37.8 Å². The van der Waals surface area contributed by atoms with Crippen LogP contribution in [0.2, 0.25) is 10.0 Å². The van der Waals surface area contributed by atoms with E-state index in [4.69, 9.17) is 27.9 Å². The first-order valence-corrected chi connectivity index (χ1v) is 13.1. The van der Waals surface area contributed by atoms with Gasteiger partial charge in [0.2, 0.25) is 0 Å². The van der Waals surface area contributed by atoms with Gasteiger partial charge in [0.05, 0.1) is 28.0 Å². The van der Waals surface area contributed by atoms with Crippen LogP contribution in [0.15, 0.2) is 41.4 Å². The molecule has 2 aromatic rings. The predicted molar refractivity (Wildman–Crippen MR) is 139 cm³/mol. The highest BCUT2D eigenvalue weighted by atomic mass is 35.5. The zero-order valence-corrected chi connectivity index (χ0v) is 20.7. The number of piperazine rings is 1. The Labute approximate surface area is 207 Å². The molecule has 2 heterocycles. The third kappa shape index (κ3) is 5.67. The first kappa shape index (κ1) is 23.0. The third-order valence-corrected chi connectivity index (χ3v) is 8.25. The Bertz CT molecular complexity index is 979. The van der Waals surface area contributed by atoms with E-state index in [1.54, 1.807) is 0 Å². The van der Waals surface area contributed by atoms with E-state index in [0.29, 0.717) is 16.0 Å². The Kier molecular flexibility index (Phi) is 7.44. The fourth-order valence-electron chi connectivity index (χ4n) is 5.42. The number of ether oxygens (including phenoxy) is 1. The zero-order chi connectivity index (χ0) is 22.6. The summed E-state index contributed by atoms with van der Waals surface area (Å²) in [5, 5.41) is 1.31. The molecule has 0 radical (unpaired) electrons. The molecule has 2 aliphatic heterocycles. The van der Waals surface area contributed by atoms with Crippen molar-refractivity contribution < 1.29 is 4.74 Å². The van der Waals surface area contributed by atoms with Crippen molar-refractivity contribution in [2.24, 2.45) is 16.8 Å².